The number of halogens is 3. The predicted molar refractivity (Wildman–Crippen MR) is 130 cm³/mol. The molecule has 10 nitrogen and oxygen atoms in total. The van der Waals surface area contributed by atoms with Gasteiger partial charge in [0, 0.05) is 44.6 Å². The summed E-state index contributed by atoms with van der Waals surface area (Å²) in [4.78, 5) is 25.0. The molecule has 0 aliphatic carbocycles. The number of hydrogen-bond donors (Lipinski definition) is 2. The van der Waals surface area contributed by atoms with Crippen LogP contribution >= 0.6 is 0 Å². The monoisotopic (exact) mass is 542 g/mol. The van der Waals surface area contributed by atoms with Crippen LogP contribution in [0.1, 0.15) is 31.2 Å². The first-order valence-corrected chi connectivity index (χ1v) is 13.8. The number of amides is 1. The van der Waals surface area contributed by atoms with E-state index in [1.54, 1.807) is 0 Å². The molecule has 0 radical (unpaired) electrons. The van der Waals surface area contributed by atoms with Crippen molar-refractivity contribution >= 4 is 27.6 Å². The van der Waals surface area contributed by atoms with E-state index in [4.69, 9.17) is 4.74 Å². The van der Waals surface area contributed by atoms with Crippen molar-refractivity contribution in [2.45, 2.75) is 31.9 Å². The van der Waals surface area contributed by atoms with Crippen molar-refractivity contribution in [2.75, 3.05) is 49.7 Å². The van der Waals surface area contributed by atoms with Crippen molar-refractivity contribution in [2.24, 2.45) is 11.8 Å². The first-order chi connectivity index (χ1) is 17.5. The normalized spacial score (nSPS) is 19.9. The smallest absolute Gasteiger partial charge is 0.381 e. The lowest BCUT2D eigenvalue weighted by molar-refractivity contribution is -0.137. The molecular formula is C23H29F3N6O4S. The van der Waals surface area contributed by atoms with Gasteiger partial charge in [-0.3, -0.25) is 9.78 Å². The Labute approximate surface area is 213 Å². The lowest BCUT2D eigenvalue weighted by Crippen LogP contribution is -2.43. The number of alkyl halides is 3. The molecule has 14 heteroatoms. The van der Waals surface area contributed by atoms with Gasteiger partial charge in [0.15, 0.2) is 0 Å². The number of aromatic nitrogens is 3. The van der Waals surface area contributed by atoms with E-state index < -0.39 is 33.6 Å². The van der Waals surface area contributed by atoms with E-state index in [1.165, 1.54) is 16.7 Å². The fraction of sp³-hybridized carbons (Fsp3) is 0.565. The fourth-order valence-corrected chi connectivity index (χ4v) is 5.34. The molecule has 2 aliphatic rings. The summed E-state index contributed by atoms with van der Waals surface area (Å²) >= 11 is 0. The number of carbonyl (C=O) groups is 1. The highest BCUT2D eigenvalue weighted by Crippen LogP contribution is 2.37. The van der Waals surface area contributed by atoms with Crippen LogP contribution < -0.4 is 10.6 Å². The van der Waals surface area contributed by atoms with Crippen LogP contribution in [0.25, 0.3) is 11.3 Å². The molecule has 0 spiro atoms. The van der Waals surface area contributed by atoms with Gasteiger partial charge in [-0.25, -0.2) is 22.7 Å². The Morgan fingerprint density at radius 2 is 1.92 bits per heavy atom. The summed E-state index contributed by atoms with van der Waals surface area (Å²) < 4.78 is 71.7. The number of hydrogen-bond acceptors (Lipinski definition) is 8. The van der Waals surface area contributed by atoms with Crippen LogP contribution in [-0.2, 0) is 25.7 Å². The van der Waals surface area contributed by atoms with Gasteiger partial charge in [-0.1, -0.05) is 0 Å². The highest BCUT2D eigenvalue weighted by Gasteiger charge is 2.36. The number of nitrogens with one attached hydrogen (secondary N) is 2. The standard InChI is InChI=1S/C23H29F3N6O4S/c1-37(34,35)32-6-2-3-16(14-32)22(33)31-20-9-17(18(11-29-20)23(24,25)26)19-12-27-13-21(30-19)28-10-15-4-7-36-8-5-15/h9,11-13,15-16H,2-8,10,14H2,1H3,(H,28,30)(H,29,31,33). The molecule has 2 N–H and O–H groups in total. The molecule has 1 amide bonds. The Morgan fingerprint density at radius 3 is 2.62 bits per heavy atom. The van der Waals surface area contributed by atoms with Crippen molar-refractivity contribution in [1.82, 2.24) is 19.3 Å². The number of sulfonamides is 1. The first-order valence-electron chi connectivity index (χ1n) is 12.0. The van der Waals surface area contributed by atoms with Crippen LogP contribution in [0.3, 0.4) is 0 Å². The molecule has 1 unspecified atom stereocenters. The van der Waals surface area contributed by atoms with Crippen LogP contribution in [0.2, 0.25) is 0 Å². The largest absolute Gasteiger partial charge is 0.418 e. The zero-order chi connectivity index (χ0) is 26.6. The minimum atomic E-state index is -4.71. The van der Waals surface area contributed by atoms with E-state index in [2.05, 4.69) is 25.6 Å². The predicted octanol–water partition coefficient (Wildman–Crippen LogP) is 3.01. The van der Waals surface area contributed by atoms with Crippen molar-refractivity contribution in [3.8, 4) is 11.3 Å². The summed E-state index contributed by atoms with van der Waals surface area (Å²) in [5, 5.41) is 5.68. The molecule has 2 saturated heterocycles. The molecule has 4 rings (SSSR count). The SMILES string of the molecule is CS(=O)(=O)N1CCCC(C(=O)Nc2cc(-c3cncc(NCC4CCOCC4)n3)c(C(F)(F)F)cn2)C1. The Balaban J connectivity index is 1.54. The number of anilines is 2. The number of carbonyl (C=O) groups excluding carboxylic acids is 1. The van der Waals surface area contributed by atoms with Crippen LogP contribution in [0.15, 0.2) is 24.7 Å². The topological polar surface area (TPSA) is 126 Å². The maximum atomic E-state index is 13.8. The van der Waals surface area contributed by atoms with E-state index in [-0.39, 0.29) is 23.6 Å². The summed E-state index contributed by atoms with van der Waals surface area (Å²) in [7, 11) is -3.46. The molecule has 2 aromatic rings. The molecule has 0 aromatic carbocycles. The summed E-state index contributed by atoms with van der Waals surface area (Å²) in [6.45, 7) is 2.27. The second kappa shape index (κ2) is 11.3. The van der Waals surface area contributed by atoms with Gasteiger partial charge >= 0.3 is 6.18 Å². The summed E-state index contributed by atoms with van der Waals surface area (Å²) in [6, 6.07) is 1.12. The van der Waals surface area contributed by atoms with E-state index >= 15 is 0 Å². The van der Waals surface area contributed by atoms with E-state index in [0.29, 0.717) is 57.1 Å². The minimum Gasteiger partial charge on any atom is -0.381 e. The van der Waals surface area contributed by atoms with Gasteiger partial charge < -0.3 is 15.4 Å². The van der Waals surface area contributed by atoms with Crippen LogP contribution in [0, 0.1) is 11.8 Å². The third-order valence-corrected chi connectivity index (χ3v) is 7.78. The van der Waals surface area contributed by atoms with E-state index in [9.17, 15) is 26.4 Å². The average molecular weight is 543 g/mol. The highest BCUT2D eigenvalue weighted by molar-refractivity contribution is 7.88. The molecular weight excluding hydrogens is 513 g/mol. The van der Waals surface area contributed by atoms with E-state index in [1.807, 2.05) is 0 Å². The van der Waals surface area contributed by atoms with Crippen molar-refractivity contribution in [3.63, 3.8) is 0 Å². The van der Waals surface area contributed by atoms with Gasteiger partial charge in [0.1, 0.15) is 11.6 Å². The molecule has 0 bridgehead atoms. The van der Waals surface area contributed by atoms with Crippen molar-refractivity contribution in [1.29, 1.82) is 0 Å². The van der Waals surface area contributed by atoms with E-state index in [0.717, 1.165) is 25.2 Å². The zero-order valence-electron chi connectivity index (χ0n) is 20.3. The molecule has 37 heavy (non-hydrogen) atoms. The molecule has 2 aliphatic heterocycles. The summed E-state index contributed by atoms with van der Waals surface area (Å²) in [5.74, 6) is -0.543. The molecule has 0 saturated carbocycles. The molecule has 2 aromatic heterocycles. The number of rotatable bonds is 7. The Kier molecular flexibility index (Phi) is 8.29. The zero-order valence-corrected chi connectivity index (χ0v) is 21.1. The quantitative estimate of drug-likeness (QED) is 0.547. The Bertz CT molecular complexity index is 1220. The van der Waals surface area contributed by atoms with Crippen molar-refractivity contribution in [3.05, 3.63) is 30.2 Å². The highest BCUT2D eigenvalue weighted by atomic mass is 32.2. The van der Waals surface area contributed by atoms with Crippen LogP contribution in [0.4, 0.5) is 24.8 Å². The summed E-state index contributed by atoms with van der Waals surface area (Å²) in [5.41, 5.74) is -1.31. The summed E-state index contributed by atoms with van der Waals surface area (Å²) in [6.07, 6.45) is 2.40. The Hall–Kier alpha value is -2.84. The number of ether oxygens (including phenoxy) is 1. The second-order valence-electron chi connectivity index (χ2n) is 9.29. The maximum Gasteiger partial charge on any atom is 0.418 e. The molecule has 2 fully saturated rings. The second-order valence-corrected chi connectivity index (χ2v) is 11.3. The van der Waals surface area contributed by atoms with Gasteiger partial charge in [0.05, 0.1) is 35.8 Å². The molecule has 1 atom stereocenters. The first kappa shape index (κ1) is 27.2. The number of nitrogens with zero attached hydrogens (tertiary/aromatic N) is 4. The van der Waals surface area contributed by atoms with Crippen LogP contribution in [0.5, 0.6) is 0 Å². The van der Waals surface area contributed by atoms with Gasteiger partial charge in [0.25, 0.3) is 0 Å². The van der Waals surface area contributed by atoms with Gasteiger partial charge in [-0.2, -0.15) is 13.2 Å². The molecule has 202 valence electrons. The minimum absolute atomic E-state index is 0.00443. The van der Waals surface area contributed by atoms with Gasteiger partial charge in [-0.15, -0.1) is 0 Å². The van der Waals surface area contributed by atoms with Gasteiger partial charge in [-0.05, 0) is 37.7 Å². The fourth-order valence-electron chi connectivity index (χ4n) is 4.43. The average Bonchev–Trinajstić information content (AvgIpc) is 2.87. The molecule has 4 heterocycles. The van der Waals surface area contributed by atoms with Gasteiger partial charge in [0.2, 0.25) is 15.9 Å². The lowest BCUT2D eigenvalue weighted by atomic mass is 9.98. The third kappa shape index (κ3) is 7.14. The third-order valence-electron chi connectivity index (χ3n) is 6.51. The maximum absolute atomic E-state index is 13.8. The number of pyridine rings is 1. The Morgan fingerprint density at radius 1 is 1.16 bits per heavy atom. The number of piperidine rings is 1. The van der Waals surface area contributed by atoms with Crippen LogP contribution in [-0.4, -0.2) is 72.7 Å². The lowest BCUT2D eigenvalue weighted by Gasteiger charge is -2.30. The van der Waals surface area contributed by atoms with Crippen molar-refractivity contribution < 1.29 is 31.1 Å².